The molecule has 0 atom stereocenters. The van der Waals surface area contributed by atoms with Crippen LogP contribution in [0.5, 0.6) is 0 Å². The number of benzene rings is 3. The van der Waals surface area contributed by atoms with Crippen LogP contribution in [0, 0.1) is 0 Å². The summed E-state index contributed by atoms with van der Waals surface area (Å²) in [5, 5.41) is 0. The van der Waals surface area contributed by atoms with E-state index in [1.807, 2.05) is 60.7 Å². The predicted octanol–water partition coefficient (Wildman–Crippen LogP) is 6.17. The lowest BCUT2D eigenvalue weighted by molar-refractivity contribution is 0.590. The fourth-order valence-electron chi connectivity index (χ4n) is 3.06. The third kappa shape index (κ3) is 3.84. The molecule has 0 saturated heterocycles. The van der Waals surface area contributed by atoms with Gasteiger partial charge in [-0.1, -0.05) is 106 Å². The first kappa shape index (κ1) is 18.1. The molecule has 3 aromatic carbocycles. The molecule has 1 aromatic heterocycles. The second-order valence-electron chi connectivity index (χ2n) is 7.87. The van der Waals surface area contributed by atoms with Crippen LogP contribution < -0.4 is 0 Å². The third-order valence-corrected chi connectivity index (χ3v) is 4.71. The summed E-state index contributed by atoms with van der Waals surface area (Å²) in [7, 11) is 0. The van der Waals surface area contributed by atoms with Gasteiger partial charge in [0, 0.05) is 16.7 Å². The zero-order valence-corrected chi connectivity index (χ0v) is 16.4. The fraction of sp³-hybridized carbons (Fsp3) is 0.160. The summed E-state index contributed by atoms with van der Waals surface area (Å²) in [5.41, 5.74) is 4.35. The second kappa shape index (κ2) is 7.35. The Hall–Kier alpha value is -3.33. The van der Waals surface area contributed by atoms with Crippen LogP contribution in [0.25, 0.3) is 34.2 Å². The van der Waals surface area contributed by atoms with Crippen molar-refractivity contribution in [2.45, 2.75) is 26.2 Å². The summed E-state index contributed by atoms with van der Waals surface area (Å²) in [5.74, 6) is 2.06. The smallest absolute Gasteiger partial charge is 0.164 e. The van der Waals surface area contributed by atoms with Crippen LogP contribution >= 0.6 is 0 Å². The Morgan fingerprint density at radius 2 is 0.821 bits per heavy atom. The fourth-order valence-corrected chi connectivity index (χ4v) is 3.06. The first-order valence-electron chi connectivity index (χ1n) is 9.48. The molecule has 0 aliphatic heterocycles. The van der Waals surface area contributed by atoms with Gasteiger partial charge in [0.05, 0.1) is 0 Å². The van der Waals surface area contributed by atoms with Gasteiger partial charge in [-0.05, 0) is 11.0 Å². The van der Waals surface area contributed by atoms with Crippen LogP contribution in [-0.2, 0) is 5.41 Å². The highest BCUT2D eigenvalue weighted by molar-refractivity contribution is 5.66. The normalized spacial score (nSPS) is 11.4. The zero-order valence-electron chi connectivity index (χ0n) is 16.4. The molecule has 0 aliphatic carbocycles. The lowest BCUT2D eigenvalue weighted by atomic mass is 9.87. The highest BCUT2D eigenvalue weighted by Crippen LogP contribution is 2.27. The van der Waals surface area contributed by atoms with Crippen molar-refractivity contribution in [1.82, 2.24) is 15.0 Å². The molecule has 4 aromatic rings. The van der Waals surface area contributed by atoms with Gasteiger partial charge in [0.1, 0.15) is 0 Å². The van der Waals surface area contributed by atoms with Gasteiger partial charge in [-0.15, -0.1) is 0 Å². The highest BCUT2D eigenvalue weighted by atomic mass is 15.0. The number of hydrogen-bond acceptors (Lipinski definition) is 3. The van der Waals surface area contributed by atoms with Crippen molar-refractivity contribution in [1.29, 1.82) is 0 Å². The van der Waals surface area contributed by atoms with Gasteiger partial charge in [0.15, 0.2) is 17.5 Å². The monoisotopic (exact) mass is 365 g/mol. The predicted molar refractivity (Wildman–Crippen MR) is 115 cm³/mol. The van der Waals surface area contributed by atoms with E-state index in [4.69, 9.17) is 15.0 Å². The Balaban J connectivity index is 1.85. The van der Waals surface area contributed by atoms with Gasteiger partial charge < -0.3 is 0 Å². The zero-order chi connectivity index (χ0) is 19.6. The maximum Gasteiger partial charge on any atom is 0.164 e. The second-order valence-corrected chi connectivity index (χ2v) is 7.87. The quantitative estimate of drug-likeness (QED) is 0.436. The first-order chi connectivity index (χ1) is 13.5. The van der Waals surface area contributed by atoms with Crippen molar-refractivity contribution in [3.8, 4) is 34.2 Å². The van der Waals surface area contributed by atoms with E-state index in [0.29, 0.717) is 17.5 Å². The molecule has 3 heteroatoms. The van der Waals surface area contributed by atoms with Gasteiger partial charge in [-0.25, -0.2) is 15.0 Å². The molecule has 28 heavy (non-hydrogen) atoms. The molecule has 0 radical (unpaired) electrons. The van der Waals surface area contributed by atoms with E-state index < -0.39 is 0 Å². The summed E-state index contributed by atoms with van der Waals surface area (Å²) in [6.07, 6.45) is 0. The summed E-state index contributed by atoms with van der Waals surface area (Å²) in [6.45, 7) is 6.64. The van der Waals surface area contributed by atoms with E-state index >= 15 is 0 Å². The molecule has 138 valence electrons. The van der Waals surface area contributed by atoms with Crippen molar-refractivity contribution >= 4 is 0 Å². The molecular weight excluding hydrogens is 342 g/mol. The van der Waals surface area contributed by atoms with E-state index in [1.54, 1.807) is 0 Å². The van der Waals surface area contributed by atoms with Crippen molar-refractivity contribution in [3.63, 3.8) is 0 Å². The van der Waals surface area contributed by atoms with Crippen LogP contribution in [0.2, 0.25) is 0 Å². The van der Waals surface area contributed by atoms with Crippen LogP contribution in [-0.4, -0.2) is 15.0 Å². The van der Waals surface area contributed by atoms with Crippen LogP contribution in [0.15, 0.2) is 84.9 Å². The van der Waals surface area contributed by atoms with Crippen molar-refractivity contribution in [3.05, 3.63) is 90.5 Å². The van der Waals surface area contributed by atoms with Crippen LogP contribution in [0.4, 0.5) is 0 Å². The molecular formula is C25H23N3. The SMILES string of the molecule is CC(C)(C)c1ccc(-c2nc(-c3ccccc3)nc(-c3ccccc3)n2)cc1. The molecule has 0 unspecified atom stereocenters. The van der Waals surface area contributed by atoms with Gasteiger partial charge in [-0.3, -0.25) is 0 Å². The lowest BCUT2D eigenvalue weighted by Gasteiger charge is -2.19. The highest BCUT2D eigenvalue weighted by Gasteiger charge is 2.15. The Bertz CT molecular complexity index is 1010. The number of nitrogens with zero attached hydrogens (tertiary/aromatic N) is 3. The van der Waals surface area contributed by atoms with E-state index in [0.717, 1.165) is 16.7 Å². The van der Waals surface area contributed by atoms with Crippen molar-refractivity contribution in [2.75, 3.05) is 0 Å². The Labute approximate surface area is 166 Å². The maximum atomic E-state index is 4.77. The lowest BCUT2D eigenvalue weighted by Crippen LogP contribution is -2.10. The Morgan fingerprint density at radius 3 is 1.18 bits per heavy atom. The average molecular weight is 365 g/mol. The van der Waals surface area contributed by atoms with Crippen molar-refractivity contribution < 1.29 is 0 Å². The number of aromatic nitrogens is 3. The average Bonchev–Trinajstić information content (AvgIpc) is 2.74. The molecule has 0 N–H and O–H groups in total. The molecule has 0 fully saturated rings. The largest absolute Gasteiger partial charge is 0.208 e. The van der Waals surface area contributed by atoms with Gasteiger partial charge >= 0.3 is 0 Å². The summed E-state index contributed by atoms with van der Waals surface area (Å²) in [4.78, 5) is 14.3. The summed E-state index contributed by atoms with van der Waals surface area (Å²) < 4.78 is 0. The molecule has 3 nitrogen and oxygen atoms in total. The molecule has 1 heterocycles. The number of hydrogen-bond donors (Lipinski definition) is 0. The van der Waals surface area contributed by atoms with Crippen LogP contribution in [0.3, 0.4) is 0 Å². The van der Waals surface area contributed by atoms with Crippen LogP contribution in [0.1, 0.15) is 26.3 Å². The molecule has 0 spiro atoms. The topological polar surface area (TPSA) is 38.7 Å². The maximum absolute atomic E-state index is 4.77. The van der Waals surface area contributed by atoms with E-state index in [9.17, 15) is 0 Å². The molecule has 0 amide bonds. The minimum atomic E-state index is 0.113. The van der Waals surface area contributed by atoms with Crippen molar-refractivity contribution in [2.24, 2.45) is 0 Å². The standard InChI is InChI=1S/C25H23N3/c1-25(2,3)21-16-14-20(15-17-21)24-27-22(18-10-6-4-7-11-18)26-23(28-24)19-12-8-5-9-13-19/h4-17H,1-3H3. The molecule has 0 aliphatic rings. The van der Waals surface area contributed by atoms with E-state index in [1.165, 1.54) is 5.56 Å². The molecule has 0 saturated carbocycles. The van der Waals surface area contributed by atoms with Gasteiger partial charge in [-0.2, -0.15) is 0 Å². The first-order valence-corrected chi connectivity index (χ1v) is 9.48. The molecule has 4 rings (SSSR count). The van der Waals surface area contributed by atoms with E-state index in [-0.39, 0.29) is 5.41 Å². The van der Waals surface area contributed by atoms with Gasteiger partial charge in [0.2, 0.25) is 0 Å². The summed E-state index contributed by atoms with van der Waals surface area (Å²) >= 11 is 0. The minimum Gasteiger partial charge on any atom is -0.208 e. The van der Waals surface area contributed by atoms with Gasteiger partial charge in [0.25, 0.3) is 0 Å². The Kier molecular flexibility index (Phi) is 4.74. The molecule has 0 bridgehead atoms. The number of rotatable bonds is 3. The van der Waals surface area contributed by atoms with E-state index in [2.05, 4.69) is 45.0 Å². The Morgan fingerprint density at radius 1 is 0.464 bits per heavy atom. The summed E-state index contributed by atoms with van der Waals surface area (Å²) in [6, 6.07) is 28.6. The minimum absolute atomic E-state index is 0.113. The third-order valence-electron chi connectivity index (χ3n) is 4.71.